The highest BCUT2D eigenvalue weighted by atomic mass is 16.6. The molecule has 1 aromatic heterocycles. The van der Waals surface area contributed by atoms with Crippen molar-refractivity contribution < 1.29 is 14.3 Å². The molecule has 0 aliphatic rings. The van der Waals surface area contributed by atoms with E-state index in [1.807, 2.05) is 26.0 Å². The second-order valence-electron chi connectivity index (χ2n) is 15.6. The normalized spacial score (nSPS) is 14.8. The van der Waals surface area contributed by atoms with E-state index < -0.39 is 16.6 Å². The minimum atomic E-state index is -0.691. The number of carbonyl (C=O) groups excluding carboxylic acids is 1. The van der Waals surface area contributed by atoms with Gasteiger partial charge >= 0.3 is 5.97 Å². The molecule has 0 bridgehead atoms. The molecular weight excluding hydrogens is 494 g/mol. The Kier molecular flexibility index (Phi) is 8.67. The van der Waals surface area contributed by atoms with E-state index in [4.69, 9.17) is 9.47 Å². The summed E-state index contributed by atoms with van der Waals surface area (Å²) in [6.07, 6.45) is 1.31. The number of ether oxygens (including phenoxy) is 2. The highest BCUT2D eigenvalue weighted by molar-refractivity contribution is 5.87. The third-order valence-electron chi connectivity index (χ3n) is 8.02. The monoisotopic (exact) mass is 547 g/mol. The molecular formula is C36H53NO3. The van der Waals surface area contributed by atoms with Crippen LogP contribution in [0.5, 0.6) is 5.75 Å². The van der Waals surface area contributed by atoms with Crippen LogP contribution >= 0.6 is 0 Å². The van der Waals surface area contributed by atoms with Crippen molar-refractivity contribution in [1.82, 2.24) is 4.57 Å². The molecule has 0 saturated carbocycles. The lowest BCUT2D eigenvalue weighted by Crippen LogP contribution is -2.48. The molecule has 40 heavy (non-hydrogen) atoms. The van der Waals surface area contributed by atoms with Crippen LogP contribution in [0, 0.1) is 16.2 Å². The van der Waals surface area contributed by atoms with Crippen LogP contribution in [0.4, 0.5) is 0 Å². The van der Waals surface area contributed by atoms with Gasteiger partial charge in [0.15, 0.2) is 0 Å². The Morgan fingerprint density at radius 3 is 1.88 bits per heavy atom. The predicted molar refractivity (Wildman–Crippen MR) is 169 cm³/mol. The third-order valence-corrected chi connectivity index (χ3v) is 8.02. The number of esters is 1. The molecule has 0 amide bonds. The molecule has 0 N–H and O–H groups in total. The van der Waals surface area contributed by atoms with Crippen molar-refractivity contribution in [3.8, 4) is 17.0 Å². The first-order valence-corrected chi connectivity index (χ1v) is 14.8. The van der Waals surface area contributed by atoms with Crippen molar-refractivity contribution in [1.29, 1.82) is 0 Å². The van der Waals surface area contributed by atoms with Crippen LogP contribution in [-0.4, -0.2) is 21.7 Å². The van der Waals surface area contributed by atoms with Crippen LogP contribution < -0.4 is 4.74 Å². The van der Waals surface area contributed by atoms with Gasteiger partial charge in [-0.1, -0.05) is 59.7 Å². The molecule has 1 unspecified atom stereocenters. The van der Waals surface area contributed by atoms with E-state index in [2.05, 4.69) is 123 Å². The molecule has 0 spiro atoms. The van der Waals surface area contributed by atoms with E-state index in [1.54, 1.807) is 0 Å². The summed E-state index contributed by atoms with van der Waals surface area (Å²) in [5.74, 6) is 0.663. The van der Waals surface area contributed by atoms with Crippen LogP contribution in [-0.2, 0) is 9.53 Å². The Morgan fingerprint density at radius 1 is 0.775 bits per heavy atom. The topological polar surface area (TPSA) is 40.5 Å². The Bertz CT molecular complexity index is 1310. The van der Waals surface area contributed by atoms with Crippen molar-refractivity contribution in [2.45, 2.75) is 120 Å². The molecule has 2 aromatic carbocycles. The number of aromatic nitrogens is 1. The lowest BCUT2D eigenvalue weighted by molar-refractivity contribution is -0.181. The Hall–Kier alpha value is -2.75. The van der Waals surface area contributed by atoms with Gasteiger partial charge in [0.1, 0.15) is 17.0 Å². The maximum atomic E-state index is 13.7. The van der Waals surface area contributed by atoms with Gasteiger partial charge in [-0.2, -0.15) is 0 Å². The maximum Gasteiger partial charge on any atom is 0.312 e. The van der Waals surface area contributed by atoms with Crippen molar-refractivity contribution in [2.75, 3.05) is 0 Å². The first-order chi connectivity index (χ1) is 18.1. The fraction of sp³-hybridized carbons (Fsp3) is 0.583. The zero-order chi connectivity index (χ0) is 30.3. The quantitative estimate of drug-likeness (QED) is 0.250. The van der Waals surface area contributed by atoms with E-state index in [0.717, 1.165) is 17.7 Å². The van der Waals surface area contributed by atoms with Gasteiger partial charge in [-0.3, -0.25) is 4.79 Å². The summed E-state index contributed by atoms with van der Waals surface area (Å²) in [4.78, 5) is 13.7. The molecule has 0 aliphatic heterocycles. The van der Waals surface area contributed by atoms with Crippen molar-refractivity contribution in [3.63, 3.8) is 0 Å². The van der Waals surface area contributed by atoms with Gasteiger partial charge in [0, 0.05) is 29.1 Å². The fourth-order valence-electron chi connectivity index (χ4n) is 6.13. The molecule has 0 aliphatic carbocycles. The summed E-state index contributed by atoms with van der Waals surface area (Å²) in [6.45, 7) is 27.5. The van der Waals surface area contributed by atoms with Gasteiger partial charge in [-0.05, 0) is 108 Å². The highest BCUT2D eigenvalue weighted by Crippen LogP contribution is 2.48. The maximum absolute atomic E-state index is 13.7. The number of carbonyl (C=O) groups is 1. The average molecular weight is 548 g/mol. The second kappa shape index (κ2) is 10.9. The van der Waals surface area contributed by atoms with Crippen LogP contribution in [0.1, 0.15) is 109 Å². The zero-order valence-corrected chi connectivity index (χ0v) is 27.4. The Balaban J connectivity index is 1.76. The van der Waals surface area contributed by atoms with Crippen molar-refractivity contribution in [3.05, 3.63) is 54.6 Å². The summed E-state index contributed by atoms with van der Waals surface area (Å²) in [5.41, 5.74) is 1.53. The van der Waals surface area contributed by atoms with Gasteiger partial charge < -0.3 is 14.0 Å². The smallest absolute Gasteiger partial charge is 0.312 e. The summed E-state index contributed by atoms with van der Waals surface area (Å²) in [6, 6.07) is 19.5. The van der Waals surface area contributed by atoms with Crippen LogP contribution in [0.15, 0.2) is 54.6 Å². The summed E-state index contributed by atoms with van der Waals surface area (Å²) >= 11 is 0. The van der Waals surface area contributed by atoms with E-state index in [9.17, 15) is 4.79 Å². The van der Waals surface area contributed by atoms with Crippen LogP contribution in [0.2, 0.25) is 0 Å². The molecule has 1 atom stereocenters. The number of para-hydroxylation sites is 1. The first kappa shape index (κ1) is 31.8. The fourth-order valence-corrected chi connectivity index (χ4v) is 6.13. The molecule has 0 fully saturated rings. The number of hydrogen-bond acceptors (Lipinski definition) is 3. The van der Waals surface area contributed by atoms with Gasteiger partial charge in [0.25, 0.3) is 0 Å². The molecule has 3 rings (SSSR count). The number of hydrogen-bond donors (Lipinski definition) is 0. The average Bonchev–Trinajstić information content (AvgIpc) is 3.16. The van der Waals surface area contributed by atoms with Gasteiger partial charge in [-0.25, -0.2) is 0 Å². The third kappa shape index (κ3) is 7.30. The molecule has 3 aromatic rings. The van der Waals surface area contributed by atoms with E-state index in [-0.39, 0.29) is 16.8 Å². The van der Waals surface area contributed by atoms with Gasteiger partial charge in [-0.15, -0.1) is 0 Å². The molecule has 1 heterocycles. The van der Waals surface area contributed by atoms with E-state index >= 15 is 0 Å². The van der Waals surface area contributed by atoms with Gasteiger partial charge in [0.2, 0.25) is 0 Å². The van der Waals surface area contributed by atoms with Crippen LogP contribution in [0.25, 0.3) is 22.2 Å². The summed E-state index contributed by atoms with van der Waals surface area (Å²) in [7, 11) is 0. The van der Waals surface area contributed by atoms with Gasteiger partial charge in [0.05, 0.1) is 5.41 Å². The van der Waals surface area contributed by atoms with E-state index in [1.165, 1.54) is 16.6 Å². The molecule has 0 radical (unpaired) electrons. The molecule has 4 heteroatoms. The SMILES string of the molecule is CC(C)n1c(-c2ccc(OC(C)(C)CC(C)(C)OC(=O)C(C)(CC(C)(C)C)C(C)(C)C)cc2)cc2ccccc21. The minimum Gasteiger partial charge on any atom is -0.488 e. The largest absolute Gasteiger partial charge is 0.488 e. The molecule has 220 valence electrons. The summed E-state index contributed by atoms with van der Waals surface area (Å²) < 4.78 is 15.1. The predicted octanol–water partition coefficient (Wildman–Crippen LogP) is 10.2. The second-order valence-corrected chi connectivity index (χ2v) is 15.6. The lowest BCUT2D eigenvalue weighted by Gasteiger charge is -2.45. The number of benzene rings is 2. The summed E-state index contributed by atoms with van der Waals surface area (Å²) in [5, 5.41) is 1.24. The Morgan fingerprint density at radius 2 is 1.35 bits per heavy atom. The number of fused-ring (bicyclic) bond motifs is 1. The Labute approximate surface area is 243 Å². The zero-order valence-electron chi connectivity index (χ0n) is 27.4. The van der Waals surface area contributed by atoms with Crippen LogP contribution in [0.3, 0.4) is 0 Å². The minimum absolute atomic E-state index is 0.00324. The molecule has 0 saturated heterocycles. The highest BCUT2D eigenvalue weighted by Gasteiger charge is 2.49. The van der Waals surface area contributed by atoms with E-state index in [0.29, 0.717) is 12.5 Å². The molecule has 4 nitrogen and oxygen atoms in total. The first-order valence-electron chi connectivity index (χ1n) is 14.8. The number of rotatable bonds is 9. The number of nitrogens with zero attached hydrogens (tertiary/aromatic N) is 1. The standard InChI is InChI=1S/C36H53NO3/c1-25(2)37-29-17-15-14-16-27(29)22-30(37)26-18-20-28(21-19-26)39-34(9,10)24-35(11,12)40-31(38)36(13,33(6,7)8)23-32(3,4)5/h14-22,25H,23-24H2,1-13H3. The van der Waals surface area contributed by atoms with Crippen molar-refractivity contribution in [2.24, 2.45) is 16.2 Å². The van der Waals surface area contributed by atoms with Crippen molar-refractivity contribution >= 4 is 16.9 Å². The lowest BCUT2D eigenvalue weighted by atomic mass is 9.61.